The van der Waals surface area contributed by atoms with Gasteiger partial charge in [0, 0.05) is 11.5 Å². The summed E-state index contributed by atoms with van der Waals surface area (Å²) < 4.78 is 16.1. The summed E-state index contributed by atoms with van der Waals surface area (Å²) in [4.78, 5) is 9.32. The van der Waals surface area contributed by atoms with Gasteiger partial charge < -0.3 is 14.0 Å². The molecule has 6 nitrogen and oxygen atoms in total. The van der Waals surface area contributed by atoms with Crippen LogP contribution in [0.1, 0.15) is 17.0 Å². The normalized spacial score (nSPS) is 11.0. The molecule has 2 aromatic carbocycles. The summed E-state index contributed by atoms with van der Waals surface area (Å²) >= 11 is 1.58. The highest BCUT2D eigenvalue weighted by Gasteiger charge is 2.15. The molecule has 0 spiro atoms. The first-order valence-corrected chi connectivity index (χ1v) is 10.1. The van der Waals surface area contributed by atoms with Crippen molar-refractivity contribution in [3.8, 4) is 22.9 Å². The number of aromatic nitrogens is 3. The van der Waals surface area contributed by atoms with Crippen molar-refractivity contribution in [2.24, 2.45) is 0 Å². The van der Waals surface area contributed by atoms with Crippen LogP contribution in [0.3, 0.4) is 0 Å². The Morgan fingerprint density at radius 2 is 1.83 bits per heavy atom. The first kappa shape index (κ1) is 19.3. The van der Waals surface area contributed by atoms with Crippen LogP contribution in [0.5, 0.6) is 11.5 Å². The standard InChI is InChI=1S/C22H21N3O3S/c1-13-6-5-7-16-14(2)10-20(24-21(13)16)29-12-19-23-22(25-28-19)17-9-8-15(26-3)11-18(17)27-4/h5-11H,12H2,1-4H3. The third-order valence-electron chi connectivity index (χ3n) is 4.69. The van der Waals surface area contributed by atoms with E-state index in [1.165, 1.54) is 16.5 Å². The van der Waals surface area contributed by atoms with Crippen molar-refractivity contribution in [2.75, 3.05) is 14.2 Å². The molecule has 4 rings (SSSR count). The minimum atomic E-state index is 0.485. The van der Waals surface area contributed by atoms with Crippen molar-refractivity contribution in [1.82, 2.24) is 15.1 Å². The van der Waals surface area contributed by atoms with Crippen LogP contribution >= 0.6 is 11.8 Å². The van der Waals surface area contributed by atoms with Crippen molar-refractivity contribution >= 4 is 22.7 Å². The smallest absolute Gasteiger partial charge is 0.237 e. The Balaban J connectivity index is 1.55. The minimum absolute atomic E-state index is 0.485. The largest absolute Gasteiger partial charge is 0.497 e. The Morgan fingerprint density at radius 1 is 0.966 bits per heavy atom. The molecule has 0 radical (unpaired) electrons. The van der Waals surface area contributed by atoms with Crippen LogP contribution in [0.2, 0.25) is 0 Å². The van der Waals surface area contributed by atoms with Gasteiger partial charge in [0.15, 0.2) is 0 Å². The van der Waals surface area contributed by atoms with Crippen LogP contribution in [0, 0.1) is 13.8 Å². The van der Waals surface area contributed by atoms with Crippen LogP contribution < -0.4 is 9.47 Å². The summed E-state index contributed by atoms with van der Waals surface area (Å²) in [7, 11) is 3.22. The van der Waals surface area contributed by atoms with E-state index in [1.54, 1.807) is 32.0 Å². The number of rotatable bonds is 6. The van der Waals surface area contributed by atoms with Crippen LogP contribution in [0.15, 0.2) is 52.0 Å². The van der Waals surface area contributed by atoms with Gasteiger partial charge in [0.05, 0.1) is 36.1 Å². The van der Waals surface area contributed by atoms with E-state index in [1.807, 2.05) is 12.1 Å². The maximum atomic E-state index is 5.44. The molecule has 0 aliphatic heterocycles. The number of hydrogen-bond acceptors (Lipinski definition) is 7. The third kappa shape index (κ3) is 3.91. The molecule has 29 heavy (non-hydrogen) atoms. The lowest BCUT2D eigenvalue weighted by atomic mass is 10.1. The number of aryl methyl sites for hydroxylation is 2. The van der Waals surface area contributed by atoms with Gasteiger partial charge in [-0.25, -0.2) is 4.98 Å². The van der Waals surface area contributed by atoms with E-state index < -0.39 is 0 Å². The highest BCUT2D eigenvalue weighted by molar-refractivity contribution is 7.98. The van der Waals surface area contributed by atoms with E-state index in [0.717, 1.165) is 16.1 Å². The average molecular weight is 407 g/mol. The van der Waals surface area contributed by atoms with E-state index in [-0.39, 0.29) is 0 Å². The van der Waals surface area contributed by atoms with Crippen molar-refractivity contribution in [2.45, 2.75) is 24.6 Å². The molecule has 0 aliphatic carbocycles. The predicted molar refractivity (Wildman–Crippen MR) is 114 cm³/mol. The number of benzene rings is 2. The van der Waals surface area contributed by atoms with E-state index in [9.17, 15) is 0 Å². The highest BCUT2D eigenvalue weighted by atomic mass is 32.2. The second-order valence-corrected chi connectivity index (χ2v) is 7.61. The third-order valence-corrected chi connectivity index (χ3v) is 5.58. The van der Waals surface area contributed by atoms with Gasteiger partial charge >= 0.3 is 0 Å². The lowest BCUT2D eigenvalue weighted by molar-refractivity contribution is 0.388. The summed E-state index contributed by atoms with van der Waals surface area (Å²) in [5, 5.41) is 6.22. The Bertz CT molecular complexity index is 1170. The molecule has 0 bridgehead atoms. The molecule has 0 saturated carbocycles. The number of nitrogens with zero attached hydrogens (tertiary/aromatic N) is 3. The van der Waals surface area contributed by atoms with Gasteiger partial charge in [-0.15, -0.1) is 0 Å². The zero-order valence-electron chi connectivity index (χ0n) is 16.7. The fraction of sp³-hybridized carbons (Fsp3) is 0.227. The van der Waals surface area contributed by atoms with E-state index in [2.05, 4.69) is 48.3 Å². The molecule has 2 heterocycles. The molecular formula is C22H21N3O3S. The summed E-state index contributed by atoms with van der Waals surface area (Å²) in [6, 6.07) is 13.8. The second kappa shape index (κ2) is 8.13. The molecule has 0 unspecified atom stereocenters. The topological polar surface area (TPSA) is 70.3 Å². The quantitative estimate of drug-likeness (QED) is 0.406. The Kier molecular flexibility index (Phi) is 5.40. The van der Waals surface area contributed by atoms with Crippen LogP contribution in [-0.4, -0.2) is 29.3 Å². The van der Waals surface area contributed by atoms with E-state index >= 15 is 0 Å². The Hall–Kier alpha value is -3.06. The minimum Gasteiger partial charge on any atom is -0.497 e. The van der Waals surface area contributed by atoms with Gasteiger partial charge in [-0.3, -0.25) is 0 Å². The fourth-order valence-electron chi connectivity index (χ4n) is 3.15. The molecule has 7 heteroatoms. The molecule has 148 valence electrons. The fourth-order valence-corrected chi connectivity index (χ4v) is 3.95. The van der Waals surface area contributed by atoms with Gasteiger partial charge in [0.1, 0.15) is 11.5 Å². The van der Waals surface area contributed by atoms with Crippen LogP contribution in [0.25, 0.3) is 22.3 Å². The molecule has 0 fully saturated rings. The first-order valence-electron chi connectivity index (χ1n) is 9.14. The number of ether oxygens (including phenoxy) is 2. The molecular weight excluding hydrogens is 386 g/mol. The summed E-state index contributed by atoms with van der Waals surface area (Å²) in [5.41, 5.74) is 4.16. The van der Waals surface area contributed by atoms with Crippen LogP contribution in [-0.2, 0) is 5.75 Å². The number of para-hydroxylation sites is 1. The summed E-state index contributed by atoms with van der Waals surface area (Å²) in [6.45, 7) is 4.18. The second-order valence-electron chi connectivity index (χ2n) is 6.62. The maximum Gasteiger partial charge on any atom is 0.237 e. The lowest BCUT2D eigenvalue weighted by Crippen LogP contribution is -1.92. The van der Waals surface area contributed by atoms with Gasteiger partial charge in [-0.05, 0) is 43.2 Å². The van der Waals surface area contributed by atoms with Gasteiger partial charge in [-0.1, -0.05) is 35.1 Å². The van der Waals surface area contributed by atoms with Gasteiger partial charge in [0.25, 0.3) is 0 Å². The number of thioether (sulfide) groups is 1. The van der Waals surface area contributed by atoms with E-state index in [4.69, 9.17) is 19.0 Å². The maximum absolute atomic E-state index is 5.44. The SMILES string of the molecule is COc1ccc(-c2noc(CSc3cc(C)c4cccc(C)c4n3)n2)c(OC)c1. The van der Waals surface area contributed by atoms with Crippen LogP contribution in [0.4, 0.5) is 0 Å². The van der Waals surface area contributed by atoms with Crippen molar-refractivity contribution in [3.63, 3.8) is 0 Å². The number of methoxy groups -OCH3 is 2. The molecule has 0 saturated heterocycles. The number of pyridine rings is 1. The molecule has 4 aromatic rings. The lowest BCUT2D eigenvalue weighted by Gasteiger charge is -2.07. The molecule has 0 aliphatic rings. The van der Waals surface area contributed by atoms with Gasteiger partial charge in [-0.2, -0.15) is 4.98 Å². The number of hydrogen-bond donors (Lipinski definition) is 0. The molecule has 0 atom stereocenters. The molecule has 0 N–H and O–H groups in total. The van der Waals surface area contributed by atoms with Crippen molar-refractivity contribution in [1.29, 1.82) is 0 Å². The summed E-state index contributed by atoms with van der Waals surface area (Å²) in [6.07, 6.45) is 0. The average Bonchev–Trinajstić information content (AvgIpc) is 3.21. The zero-order valence-corrected chi connectivity index (χ0v) is 17.5. The monoisotopic (exact) mass is 407 g/mol. The van der Waals surface area contributed by atoms with Crippen molar-refractivity contribution < 1.29 is 14.0 Å². The zero-order chi connectivity index (χ0) is 20.4. The molecule has 0 amide bonds. The van der Waals surface area contributed by atoms with E-state index in [0.29, 0.717) is 29.0 Å². The Morgan fingerprint density at radius 3 is 2.62 bits per heavy atom. The molecule has 2 aromatic heterocycles. The van der Waals surface area contributed by atoms with Gasteiger partial charge in [0.2, 0.25) is 11.7 Å². The first-order chi connectivity index (χ1) is 14.1. The highest BCUT2D eigenvalue weighted by Crippen LogP contribution is 2.32. The number of fused-ring (bicyclic) bond motifs is 1. The Labute approximate surface area is 173 Å². The van der Waals surface area contributed by atoms with Crippen molar-refractivity contribution in [3.05, 3.63) is 59.5 Å². The predicted octanol–water partition coefficient (Wildman–Crippen LogP) is 5.21. The summed E-state index contributed by atoms with van der Waals surface area (Å²) in [5.74, 6) is 2.89.